The molecule has 1 saturated heterocycles. The Kier molecular flexibility index (Phi) is 15.0. The van der Waals surface area contributed by atoms with Crippen molar-refractivity contribution in [3.05, 3.63) is 0 Å². The fraction of sp³-hybridized carbons (Fsp3) is 0.952. The number of unbranched alkanes of at least 4 members (excludes halogenated alkanes) is 13. The summed E-state index contributed by atoms with van der Waals surface area (Å²) in [5.41, 5.74) is 0. The van der Waals surface area contributed by atoms with Crippen LogP contribution in [0, 0.1) is 0 Å². The molecule has 0 saturated carbocycles. The first kappa shape index (κ1) is 25.2. The summed E-state index contributed by atoms with van der Waals surface area (Å²) in [6.07, 6.45) is 20.0. The maximum atomic E-state index is 11.4. The van der Waals surface area contributed by atoms with Gasteiger partial charge in [-0.1, -0.05) is 114 Å². The molecule has 3 nitrogen and oxygen atoms in total. The summed E-state index contributed by atoms with van der Waals surface area (Å²) < 4.78 is 23.6. The summed E-state index contributed by atoms with van der Waals surface area (Å²) in [6.45, 7) is 2.28. The molecular weight excluding hydrogens is 394 g/mol. The van der Waals surface area contributed by atoms with Crippen molar-refractivity contribution in [2.75, 3.05) is 17.3 Å². The lowest BCUT2D eigenvalue weighted by atomic mass is 10.0. The quantitative estimate of drug-likeness (QED) is 0.229. The summed E-state index contributed by atoms with van der Waals surface area (Å²) >= 11 is 7.00. The molecular formula is C21H41NO2S3. The van der Waals surface area contributed by atoms with Gasteiger partial charge in [0.05, 0.1) is 11.5 Å². The van der Waals surface area contributed by atoms with E-state index in [1.54, 1.807) is 11.8 Å². The van der Waals surface area contributed by atoms with Crippen molar-refractivity contribution < 1.29 is 8.42 Å². The van der Waals surface area contributed by atoms with Gasteiger partial charge in [-0.05, 0) is 12.8 Å². The Hall–Kier alpha value is 0.190. The number of rotatable bonds is 16. The van der Waals surface area contributed by atoms with Gasteiger partial charge in [-0.15, -0.1) is 0 Å². The summed E-state index contributed by atoms with van der Waals surface area (Å²) in [5, 5.41) is 3.20. The first-order valence-corrected chi connectivity index (χ1v) is 14.4. The van der Waals surface area contributed by atoms with Crippen LogP contribution in [0.1, 0.15) is 103 Å². The van der Waals surface area contributed by atoms with Gasteiger partial charge in [-0.2, -0.15) is 0 Å². The Morgan fingerprint density at radius 2 is 1.37 bits per heavy atom. The third kappa shape index (κ3) is 14.8. The molecule has 1 atom stereocenters. The van der Waals surface area contributed by atoms with E-state index in [0.29, 0.717) is 12.2 Å². The Morgan fingerprint density at radius 1 is 0.889 bits per heavy atom. The molecule has 1 N–H and O–H groups in total. The van der Waals surface area contributed by atoms with Gasteiger partial charge in [-0.25, -0.2) is 8.42 Å². The van der Waals surface area contributed by atoms with Crippen molar-refractivity contribution in [3.8, 4) is 0 Å². The molecule has 1 rings (SSSR count). The number of hydrogen-bond donors (Lipinski definition) is 1. The van der Waals surface area contributed by atoms with Crippen molar-refractivity contribution in [2.24, 2.45) is 0 Å². The van der Waals surface area contributed by atoms with Gasteiger partial charge in [0.2, 0.25) is 0 Å². The Labute approximate surface area is 178 Å². The molecule has 0 aliphatic carbocycles. The summed E-state index contributed by atoms with van der Waals surface area (Å²) in [5.74, 6) is 1.59. The molecule has 27 heavy (non-hydrogen) atoms. The van der Waals surface area contributed by atoms with Gasteiger partial charge in [0.15, 0.2) is 9.84 Å². The fourth-order valence-corrected chi connectivity index (χ4v) is 6.45. The van der Waals surface area contributed by atoms with Crippen LogP contribution in [0.2, 0.25) is 0 Å². The van der Waals surface area contributed by atoms with Gasteiger partial charge >= 0.3 is 0 Å². The van der Waals surface area contributed by atoms with E-state index in [4.69, 9.17) is 12.2 Å². The molecule has 0 radical (unpaired) electrons. The zero-order valence-corrected chi connectivity index (χ0v) is 19.8. The van der Waals surface area contributed by atoms with E-state index in [2.05, 4.69) is 12.2 Å². The molecule has 0 aromatic rings. The molecule has 1 heterocycles. The van der Waals surface area contributed by atoms with Crippen molar-refractivity contribution in [3.63, 3.8) is 0 Å². The SMILES string of the molecule is CCCCCCCCCCCCCCCCSC(=S)NC1CCS(=O)(=O)C1. The molecule has 0 bridgehead atoms. The third-order valence-corrected chi connectivity index (χ3v) is 8.40. The monoisotopic (exact) mass is 435 g/mol. The van der Waals surface area contributed by atoms with E-state index >= 15 is 0 Å². The molecule has 1 aliphatic rings. The zero-order valence-electron chi connectivity index (χ0n) is 17.3. The minimum absolute atomic E-state index is 0.0336. The number of hydrogen-bond acceptors (Lipinski definition) is 4. The first-order chi connectivity index (χ1) is 13.0. The summed E-state index contributed by atoms with van der Waals surface area (Å²) in [6, 6.07) is 0.0336. The van der Waals surface area contributed by atoms with Gasteiger partial charge in [0.1, 0.15) is 4.32 Å². The van der Waals surface area contributed by atoms with E-state index in [1.807, 2.05) is 0 Å². The largest absolute Gasteiger partial charge is 0.367 e. The average Bonchev–Trinajstić information content (AvgIpc) is 2.96. The molecule has 0 aromatic carbocycles. The van der Waals surface area contributed by atoms with E-state index in [0.717, 1.165) is 10.1 Å². The summed E-state index contributed by atoms with van der Waals surface area (Å²) in [4.78, 5) is 0. The maximum Gasteiger partial charge on any atom is 0.152 e. The minimum Gasteiger partial charge on any atom is -0.367 e. The molecule has 1 aliphatic heterocycles. The lowest BCUT2D eigenvalue weighted by molar-refractivity contribution is 0.538. The predicted octanol–water partition coefficient (Wildman–Crippen LogP) is 6.26. The number of thioether (sulfide) groups is 1. The highest BCUT2D eigenvalue weighted by Crippen LogP contribution is 2.16. The van der Waals surface area contributed by atoms with Crippen molar-refractivity contribution >= 4 is 38.1 Å². The van der Waals surface area contributed by atoms with Crippen LogP contribution in [0.5, 0.6) is 0 Å². The Balaban J connectivity index is 1.78. The van der Waals surface area contributed by atoms with E-state index in [1.165, 1.54) is 89.9 Å². The number of thiocarbonyl (C=S) groups is 1. The van der Waals surface area contributed by atoms with Crippen molar-refractivity contribution in [1.82, 2.24) is 5.32 Å². The third-order valence-electron chi connectivity index (χ3n) is 5.29. The average molecular weight is 436 g/mol. The topological polar surface area (TPSA) is 46.2 Å². The van der Waals surface area contributed by atoms with Crippen molar-refractivity contribution in [1.29, 1.82) is 0 Å². The minimum atomic E-state index is -2.82. The van der Waals surface area contributed by atoms with Crippen LogP contribution >= 0.6 is 24.0 Å². The smallest absolute Gasteiger partial charge is 0.152 e. The predicted molar refractivity (Wildman–Crippen MR) is 126 cm³/mol. The van der Waals surface area contributed by atoms with Crippen molar-refractivity contribution in [2.45, 2.75) is 109 Å². The number of sulfone groups is 1. The Bertz CT molecular complexity index is 480. The van der Waals surface area contributed by atoms with Crippen LogP contribution in [0.3, 0.4) is 0 Å². The molecule has 1 unspecified atom stereocenters. The highest BCUT2D eigenvalue weighted by atomic mass is 32.2. The Morgan fingerprint density at radius 3 is 1.81 bits per heavy atom. The first-order valence-electron chi connectivity index (χ1n) is 11.2. The lowest BCUT2D eigenvalue weighted by Gasteiger charge is -2.12. The second kappa shape index (κ2) is 16.0. The molecule has 6 heteroatoms. The zero-order chi connectivity index (χ0) is 19.8. The standard InChI is InChI=1S/C21H41NO2S3/c1-2-3-4-5-6-7-8-9-10-11-12-13-14-15-17-26-21(25)22-20-16-18-27(23,24)19-20/h20H,2-19H2,1H3,(H,22,25). The molecule has 0 aromatic heterocycles. The van der Waals surface area contributed by atoms with Crippen LogP contribution in [0.4, 0.5) is 0 Å². The fourth-order valence-electron chi connectivity index (χ4n) is 3.58. The lowest BCUT2D eigenvalue weighted by Crippen LogP contribution is -2.32. The van der Waals surface area contributed by atoms with E-state index in [9.17, 15) is 8.42 Å². The highest BCUT2D eigenvalue weighted by molar-refractivity contribution is 8.22. The molecule has 1 fully saturated rings. The molecule has 0 amide bonds. The molecule has 160 valence electrons. The van der Waals surface area contributed by atoms with Crippen LogP contribution in [-0.2, 0) is 9.84 Å². The second-order valence-corrected chi connectivity index (χ2v) is 12.0. The van der Waals surface area contributed by atoms with E-state index < -0.39 is 9.84 Å². The van der Waals surface area contributed by atoms with Gasteiger partial charge in [0, 0.05) is 11.8 Å². The number of nitrogens with one attached hydrogen (secondary N) is 1. The highest BCUT2D eigenvalue weighted by Gasteiger charge is 2.28. The summed E-state index contributed by atoms with van der Waals surface area (Å²) in [7, 11) is -2.82. The second-order valence-electron chi connectivity index (χ2n) is 7.98. The molecule has 0 spiro atoms. The van der Waals surface area contributed by atoms with Crippen LogP contribution < -0.4 is 5.32 Å². The maximum absolute atomic E-state index is 11.4. The van der Waals surface area contributed by atoms with E-state index in [-0.39, 0.29) is 11.8 Å². The van der Waals surface area contributed by atoms with Crippen LogP contribution in [-0.4, -0.2) is 36.0 Å². The van der Waals surface area contributed by atoms with Gasteiger partial charge < -0.3 is 5.32 Å². The van der Waals surface area contributed by atoms with Crippen LogP contribution in [0.15, 0.2) is 0 Å². The van der Waals surface area contributed by atoms with Gasteiger partial charge in [-0.3, -0.25) is 0 Å². The van der Waals surface area contributed by atoms with Crippen LogP contribution in [0.25, 0.3) is 0 Å². The normalized spacial score (nSPS) is 18.6. The van der Waals surface area contributed by atoms with Gasteiger partial charge in [0.25, 0.3) is 0 Å².